The van der Waals surface area contributed by atoms with Crippen molar-refractivity contribution in [3.05, 3.63) is 34.3 Å². The molecule has 0 aliphatic rings. The van der Waals surface area contributed by atoms with Gasteiger partial charge in [0.1, 0.15) is 6.54 Å². The third-order valence-corrected chi connectivity index (χ3v) is 2.83. The first-order valence-electron chi connectivity index (χ1n) is 5.06. The summed E-state index contributed by atoms with van der Waals surface area (Å²) in [7, 11) is 0. The molecule has 1 amide bonds. The summed E-state index contributed by atoms with van der Waals surface area (Å²) in [5.41, 5.74) is 1.11. The van der Waals surface area contributed by atoms with Gasteiger partial charge in [0.05, 0.1) is 6.20 Å². The topological polar surface area (TPSA) is 97.1 Å². The normalized spacial score (nSPS) is 10.2. The molecule has 0 bridgehead atoms. The van der Waals surface area contributed by atoms with E-state index in [-0.39, 0.29) is 18.1 Å². The molecule has 0 unspecified atom stereocenters. The van der Waals surface area contributed by atoms with Gasteiger partial charge in [0, 0.05) is 6.54 Å². The summed E-state index contributed by atoms with van der Waals surface area (Å²) in [5, 5.41) is 22.2. The first kappa shape index (κ1) is 12.2. The minimum atomic E-state index is -1.04. The minimum absolute atomic E-state index is 0.103. The fourth-order valence-electron chi connectivity index (χ4n) is 1.28. The summed E-state index contributed by atoms with van der Waals surface area (Å²) in [6, 6.07) is 1.91. The Morgan fingerprint density at radius 2 is 2.33 bits per heavy atom. The number of aromatic nitrogens is 3. The van der Waals surface area contributed by atoms with Crippen LogP contribution in [-0.4, -0.2) is 32.0 Å². The molecule has 0 atom stereocenters. The zero-order chi connectivity index (χ0) is 13.0. The number of carbonyl (C=O) groups excluding carboxylic acids is 1. The molecular weight excluding hydrogens is 256 g/mol. The van der Waals surface area contributed by atoms with E-state index in [1.165, 1.54) is 6.20 Å². The molecule has 18 heavy (non-hydrogen) atoms. The van der Waals surface area contributed by atoms with Crippen LogP contribution >= 0.6 is 11.3 Å². The van der Waals surface area contributed by atoms with Gasteiger partial charge < -0.3 is 10.4 Å². The number of amides is 1. The Morgan fingerprint density at radius 3 is 3.00 bits per heavy atom. The first-order chi connectivity index (χ1) is 8.65. The summed E-state index contributed by atoms with van der Waals surface area (Å²) in [5.74, 6) is -1.41. The summed E-state index contributed by atoms with van der Waals surface area (Å²) in [6.45, 7) is 0.0962. The van der Waals surface area contributed by atoms with Gasteiger partial charge in [-0.3, -0.25) is 9.59 Å². The van der Waals surface area contributed by atoms with Crippen molar-refractivity contribution in [2.45, 2.75) is 13.1 Å². The highest BCUT2D eigenvalue weighted by Crippen LogP contribution is 2.05. The van der Waals surface area contributed by atoms with Crippen molar-refractivity contribution < 1.29 is 14.7 Å². The van der Waals surface area contributed by atoms with Gasteiger partial charge in [-0.1, -0.05) is 5.21 Å². The molecule has 2 rings (SSSR count). The number of hydrogen-bond acceptors (Lipinski definition) is 5. The van der Waals surface area contributed by atoms with Gasteiger partial charge in [0.15, 0.2) is 5.69 Å². The van der Waals surface area contributed by atoms with Crippen LogP contribution in [0.2, 0.25) is 0 Å². The molecule has 0 fully saturated rings. The SMILES string of the molecule is O=C(O)Cn1cc(C(=O)NCc2ccsc2)nn1. The van der Waals surface area contributed by atoms with Crippen molar-refractivity contribution in [2.75, 3.05) is 0 Å². The van der Waals surface area contributed by atoms with Crippen LogP contribution in [0.3, 0.4) is 0 Å². The van der Waals surface area contributed by atoms with Crippen molar-refractivity contribution in [3.8, 4) is 0 Å². The van der Waals surface area contributed by atoms with Crippen LogP contribution < -0.4 is 5.32 Å². The number of rotatable bonds is 5. The molecule has 0 aromatic carbocycles. The highest BCUT2D eigenvalue weighted by Gasteiger charge is 2.11. The average Bonchev–Trinajstić information content (AvgIpc) is 2.95. The lowest BCUT2D eigenvalue weighted by Crippen LogP contribution is -2.22. The van der Waals surface area contributed by atoms with Crippen molar-refractivity contribution in [2.24, 2.45) is 0 Å². The number of thiophene rings is 1. The van der Waals surface area contributed by atoms with Crippen LogP contribution in [0.1, 0.15) is 16.1 Å². The van der Waals surface area contributed by atoms with Crippen LogP contribution in [0.15, 0.2) is 23.0 Å². The third-order valence-electron chi connectivity index (χ3n) is 2.10. The first-order valence-corrected chi connectivity index (χ1v) is 6.00. The lowest BCUT2D eigenvalue weighted by Gasteiger charge is -1.99. The van der Waals surface area contributed by atoms with Gasteiger partial charge in [-0.15, -0.1) is 5.10 Å². The highest BCUT2D eigenvalue weighted by atomic mass is 32.1. The number of nitrogens with zero attached hydrogens (tertiary/aromatic N) is 3. The second-order valence-electron chi connectivity index (χ2n) is 3.51. The zero-order valence-corrected chi connectivity index (χ0v) is 10.1. The lowest BCUT2D eigenvalue weighted by molar-refractivity contribution is -0.137. The molecule has 2 aromatic rings. The molecule has 2 N–H and O–H groups in total. The molecule has 0 spiro atoms. The summed E-state index contributed by atoms with van der Waals surface area (Å²) in [4.78, 5) is 22.1. The molecule has 2 aromatic heterocycles. The summed E-state index contributed by atoms with van der Waals surface area (Å²) in [6.07, 6.45) is 1.30. The summed E-state index contributed by atoms with van der Waals surface area (Å²) >= 11 is 1.55. The second kappa shape index (κ2) is 5.41. The highest BCUT2D eigenvalue weighted by molar-refractivity contribution is 7.07. The maximum absolute atomic E-state index is 11.7. The Labute approximate surface area is 106 Å². The maximum atomic E-state index is 11.7. The monoisotopic (exact) mass is 266 g/mol. The Balaban J connectivity index is 1.92. The number of nitrogens with one attached hydrogen (secondary N) is 1. The fraction of sp³-hybridized carbons (Fsp3) is 0.200. The van der Waals surface area contributed by atoms with E-state index >= 15 is 0 Å². The van der Waals surface area contributed by atoms with Crippen LogP contribution in [0.5, 0.6) is 0 Å². The molecule has 0 radical (unpaired) electrons. The van der Waals surface area contributed by atoms with Gasteiger partial charge in [0.25, 0.3) is 5.91 Å². The average molecular weight is 266 g/mol. The quantitative estimate of drug-likeness (QED) is 0.814. The Morgan fingerprint density at radius 1 is 1.50 bits per heavy atom. The van der Waals surface area contributed by atoms with Gasteiger partial charge >= 0.3 is 5.97 Å². The smallest absolute Gasteiger partial charge is 0.325 e. The number of carboxylic acids is 1. The predicted molar refractivity (Wildman–Crippen MR) is 63.1 cm³/mol. The number of aliphatic carboxylic acids is 1. The molecule has 0 aliphatic carbocycles. The van der Waals surface area contributed by atoms with Crippen molar-refractivity contribution in [3.63, 3.8) is 0 Å². The Kier molecular flexibility index (Phi) is 3.68. The minimum Gasteiger partial charge on any atom is -0.480 e. The van der Waals surface area contributed by atoms with E-state index in [2.05, 4.69) is 15.6 Å². The summed E-state index contributed by atoms with van der Waals surface area (Å²) < 4.78 is 1.10. The van der Waals surface area contributed by atoms with Crippen LogP contribution in [-0.2, 0) is 17.9 Å². The van der Waals surface area contributed by atoms with Gasteiger partial charge in [-0.25, -0.2) is 4.68 Å². The lowest BCUT2D eigenvalue weighted by atomic mass is 10.3. The van der Waals surface area contributed by atoms with E-state index in [4.69, 9.17) is 5.11 Å². The standard InChI is InChI=1S/C10H10N4O3S/c15-9(16)5-14-4-8(12-13-14)10(17)11-3-7-1-2-18-6-7/h1-2,4,6H,3,5H2,(H,11,17)(H,15,16). The molecule has 0 saturated heterocycles. The predicted octanol–water partition coefficient (Wildman–Crippen LogP) is 0.354. The van der Waals surface area contributed by atoms with Crippen LogP contribution in [0, 0.1) is 0 Å². The molecule has 2 heterocycles. The number of hydrogen-bond donors (Lipinski definition) is 2. The Bertz CT molecular complexity index is 549. The number of carbonyl (C=O) groups is 2. The Hall–Kier alpha value is -2.22. The largest absolute Gasteiger partial charge is 0.480 e. The molecule has 0 aliphatic heterocycles. The van der Waals surface area contributed by atoms with Crippen molar-refractivity contribution in [1.29, 1.82) is 0 Å². The van der Waals surface area contributed by atoms with E-state index in [1.54, 1.807) is 11.3 Å². The molecule has 7 nitrogen and oxygen atoms in total. The zero-order valence-electron chi connectivity index (χ0n) is 9.24. The van der Waals surface area contributed by atoms with Gasteiger partial charge in [-0.05, 0) is 22.4 Å². The van der Waals surface area contributed by atoms with E-state index in [0.29, 0.717) is 6.54 Å². The van der Waals surface area contributed by atoms with E-state index in [9.17, 15) is 9.59 Å². The van der Waals surface area contributed by atoms with Crippen LogP contribution in [0.25, 0.3) is 0 Å². The van der Waals surface area contributed by atoms with E-state index in [1.807, 2.05) is 16.8 Å². The molecule has 0 saturated carbocycles. The molecule has 8 heteroatoms. The van der Waals surface area contributed by atoms with Crippen molar-refractivity contribution >= 4 is 23.2 Å². The fourth-order valence-corrected chi connectivity index (χ4v) is 1.95. The van der Waals surface area contributed by atoms with Gasteiger partial charge in [0.2, 0.25) is 0 Å². The third kappa shape index (κ3) is 3.14. The second-order valence-corrected chi connectivity index (χ2v) is 4.29. The van der Waals surface area contributed by atoms with Crippen molar-refractivity contribution in [1.82, 2.24) is 20.3 Å². The number of carboxylic acid groups (broad SMARTS) is 1. The maximum Gasteiger partial charge on any atom is 0.325 e. The molecule has 94 valence electrons. The molecular formula is C10H10N4O3S. The van der Waals surface area contributed by atoms with E-state index in [0.717, 1.165) is 10.2 Å². The van der Waals surface area contributed by atoms with Gasteiger partial charge in [-0.2, -0.15) is 11.3 Å². The van der Waals surface area contributed by atoms with Crippen LogP contribution in [0.4, 0.5) is 0 Å². The van der Waals surface area contributed by atoms with E-state index < -0.39 is 5.97 Å².